The lowest BCUT2D eigenvalue weighted by Gasteiger charge is -2.34. The molecule has 1 aliphatic heterocycles. The van der Waals surface area contributed by atoms with E-state index in [4.69, 9.17) is 0 Å². The number of thiophene rings is 1. The minimum atomic E-state index is -0.0344. The van der Waals surface area contributed by atoms with Crippen molar-refractivity contribution < 1.29 is 9.59 Å². The molecular formula is C19H22N2O2S. The SMILES string of the molecule is CCC1c2ccsc2CCN1CC(=O)Nc1cccc(C(C)=O)c1. The number of rotatable bonds is 5. The number of ketones is 1. The van der Waals surface area contributed by atoms with Gasteiger partial charge in [0.25, 0.3) is 0 Å². The summed E-state index contributed by atoms with van der Waals surface area (Å²) in [5, 5.41) is 5.06. The third kappa shape index (κ3) is 3.57. The van der Waals surface area contributed by atoms with Crippen LogP contribution >= 0.6 is 11.3 Å². The van der Waals surface area contributed by atoms with Gasteiger partial charge in [-0.15, -0.1) is 11.3 Å². The van der Waals surface area contributed by atoms with Crippen molar-refractivity contribution in [3.05, 3.63) is 51.7 Å². The molecule has 0 aliphatic carbocycles. The van der Waals surface area contributed by atoms with Crippen molar-refractivity contribution in [1.82, 2.24) is 4.90 Å². The Kier molecular flexibility index (Phi) is 5.11. The number of benzene rings is 1. The highest BCUT2D eigenvalue weighted by Crippen LogP contribution is 2.34. The summed E-state index contributed by atoms with van der Waals surface area (Å²) in [5.74, 6) is -0.0361. The van der Waals surface area contributed by atoms with Gasteiger partial charge < -0.3 is 5.32 Å². The van der Waals surface area contributed by atoms with Crippen LogP contribution in [0.15, 0.2) is 35.7 Å². The molecule has 2 heterocycles. The van der Waals surface area contributed by atoms with Crippen LogP contribution in [0.3, 0.4) is 0 Å². The van der Waals surface area contributed by atoms with Crippen molar-refractivity contribution in [2.75, 3.05) is 18.4 Å². The zero-order valence-corrected chi connectivity index (χ0v) is 14.9. The molecule has 1 aromatic heterocycles. The van der Waals surface area contributed by atoms with E-state index in [1.54, 1.807) is 18.2 Å². The normalized spacial score (nSPS) is 17.3. The fraction of sp³-hybridized carbons (Fsp3) is 0.368. The summed E-state index contributed by atoms with van der Waals surface area (Å²) in [4.78, 5) is 27.6. The maximum absolute atomic E-state index is 12.4. The molecule has 126 valence electrons. The molecule has 1 aliphatic rings. The number of amides is 1. The van der Waals surface area contributed by atoms with Crippen LogP contribution in [-0.4, -0.2) is 29.7 Å². The predicted octanol–water partition coefficient (Wildman–Crippen LogP) is 3.90. The average Bonchev–Trinajstić information content (AvgIpc) is 3.03. The highest BCUT2D eigenvalue weighted by molar-refractivity contribution is 7.10. The predicted molar refractivity (Wildman–Crippen MR) is 97.7 cm³/mol. The highest BCUT2D eigenvalue weighted by atomic mass is 32.1. The maximum Gasteiger partial charge on any atom is 0.238 e. The largest absolute Gasteiger partial charge is 0.325 e. The molecule has 0 radical (unpaired) electrons. The van der Waals surface area contributed by atoms with Gasteiger partial charge >= 0.3 is 0 Å². The van der Waals surface area contributed by atoms with Crippen molar-refractivity contribution in [2.24, 2.45) is 0 Å². The van der Waals surface area contributed by atoms with Crippen LogP contribution in [0.5, 0.6) is 0 Å². The van der Waals surface area contributed by atoms with Gasteiger partial charge in [0.1, 0.15) is 0 Å². The van der Waals surface area contributed by atoms with E-state index in [9.17, 15) is 9.59 Å². The second-order valence-corrected chi connectivity index (χ2v) is 7.13. The van der Waals surface area contributed by atoms with E-state index >= 15 is 0 Å². The lowest BCUT2D eigenvalue weighted by molar-refractivity contribution is -0.118. The fourth-order valence-electron chi connectivity index (χ4n) is 3.32. The van der Waals surface area contributed by atoms with Gasteiger partial charge in [0.05, 0.1) is 6.54 Å². The van der Waals surface area contributed by atoms with Gasteiger partial charge in [0, 0.05) is 28.7 Å². The van der Waals surface area contributed by atoms with E-state index in [2.05, 4.69) is 28.6 Å². The van der Waals surface area contributed by atoms with Gasteiger partial charge in [-0.25, -0.2) is 0 Å². The van der Waals surface area contributed by atoms with E-state index in [1.165, 1.54) is 17.4 Å². The molecule has 1 unspecified atom stereocenters. The van der Waals surface area contributed by atoms with E-state index in [0.717, 1.165) is 19.4 Å². The highest BCUT2D eigenvalue weighted by Gasteiger charge is 2.28. The third-order valence-electron chi connectivity index (χ3n) is 4.49. The molecular weight excluding hydrogens is 320 g/mol. The third-order valence-corrected chi connectivity index (χ3v) is 5.49. The summed E-state index contributed by atoms with van der Waals surface area (Å²) in [6, 6.07) is 9.59. The van der Waals surface area contributed by atoms with Gasteiger partial charge in [-0.2, -0.15) is 0 Å². The second-order valence-electron chi connectivity index (χ2n) is 6.13. The van der Waals surface area contributed by atoms with E-state index < -0.39 is 0 Å². The molecule has 24 heavy (non-hydrogen) atoms. The summed E-state index contributed by atoms with van der Waals surface area (Å²) in [7, 11) is 0. The monoisotopic (exact) mass is 342 g/mol. The van der Waals surface area contributed by atoms with Gasteiger partial charge in [0.15, 0.2) is 5.78 Å². The first-order valence-electron chi connectivity index (χ1n) is 8.29. The number of carbonyl (C=O) groups excluding carboxylic acids is 2. The van der Waals surface area contributed by atoms with Crippen molar-refractivity contribution in [3.8, 4) is 0 Å². The molecule has 1 aromatic carbocycles. The number of fused-ring (bicyclic) bond motifs is 1. The fourth-order valence-corrected chi connectivity index (χ4v) is 4.24. The van der Waals surface area contributed by atoms with Crippen molar-refractivity contribution in [1.29, 1.82) is 0 Å². The van der Waals surface area contributed by atoms with Gasteiger partial charge in [-0.3, -0.25) is 14.5 Å². The number of carbonyl (C=O) groups is 2. The topological polar surface area (TPSA) is 49.4 Å². The van der Waals surface area contributed by atoms with E-state index in [1.807, 2.05) is 17.4 Å². The van der Waals surface area contributed by atoms with Gasteiger partial charge in [-0.1, -0.05) is 19.1 Å². The molecule has 1 amide bonds. The smallest absolute Gasteiger partial charge is 0.238 e. The Labute approximate surface area is 146 Å². The zero-order valence-electron chi connectivity index (χ0n) is 14.0. The molecule has 1 N–H and O–H groups in total. The first-order chi connectivity index (χ1) is 11.6. The first-order valence-corrected chi connectivity index (χ1v) is 9.17. The Morgan fingerprint density at radius 3 is 2.92 bits per heavy atom. The van der Waals surface area contributed by atoms with E-state index in [-0.39, 0.29) is 11.7 Å². The molecule has 0 saturated carbocycles. The second kappa shape index (κ2) is 7.28. The summed E-state index contributed by atoms with van der Waals surface area (Å²) in [6.07, 6.45) is 2.01. The number of nitrogens with one attached hydrogen (secondary N) is 1. The lowest BCUT2D eigenvalue weighted by atomic mass is 9.98. The number of hydrogen-bond donors (Lipinski definition) is 1. The van der Waals surface area contributed by atoms with Crippen molar-refractivity contribution in [3.63, 3.8) is 0 Å². The van der Waals surface area contributed by atoms with Gasteiger partial charge in [0.2, 0.25) is 5.91 Å². The quantitative estimate of drug-likeness (QED) is 0.839. The van der Waals surface area contributed by atoms with Crippen LogP contribution in [0.4, 0.5) is 5.69 Å². The van der Waals surface area contributed by atoms with Crippen LogP contribution in [-0.2, 0) is 11.2 Å². The summed E-state index contributed by atoms with van der Waals surface area (Å²) in [5.41, 5.74) is 2.66. The minimum absolute atomic E-state index is 0.00170. The van der Waals surface area contributed by atoms with Crippen LogP contribution in [0.25, 0.3) is 0 Å². The number of hydrogen-bond acceptors (Lipinski definition) is 4. The summed E-state index contributed by atoms with van der Waals surface area (Å²) >= 11 is 1.81. The van der Waals surface area contributed by atoms with Crippen LogP contribution < -0.4 is 5.32 Å². The Morgan fingerprint density at radius 2 is 2.17 bits per heavy atom. The molecule has 0 bridgehead atoms. The van der Waals surface area contributed by atoms with Crippen molar-refractivity contribution >= 4 is 28.7 Å². The van der Waals surface area contributed by atoms with Crippen LogP contribution in [0.1, 0.15) is 47.1 Å². The summed E-state index contributed by atoms with van der Waals surface area (Å²) < 4.78 is 0. The number of anilines is 1. The van der Waals surface area contributed by atoms with Crippen molar-refractivity contribution in [2.45, 2.75) is 32.7 Å². The minimum Gasteiger partial charge on any atom is -0.325 e. The molecule has 0 spiro atoms. The molecule has 3 rings (SSSR count). The number of nitrogens with zero attached hydrogens (tertiary/aromatic N) is 1. The Bertz CT molecular complexity index is 753. The molecule has 5 heteroatoms. The van der Waals surface area contributed by atoms with Crippen LogP contribution in [0.2, 0.25) is 0 Å². The van der Waals surface area contributed by atoms with E-state index in [0.29, 0.717) is 23.8 Å². The molecule has 1 atom stereocenters. The average molecular weight is 342 g/mol. The van der Waals surface area contributed by atoms with Gasteiger partial charge in [-0.05, 0) is 48.9 Å². The Balaban J connectivity index is 1.67. The first kappa shape index (κ1) is 16.9. The molecule has 0 saturated heterocycles. The molecule has 4 nitrogen and oxygen atoms in total. The lowest BCUT2D eigenvalue weighted by Crippen LogP contribution is -2.40. The summed E-state index contributed by atoms with van der Waals surface area (Å²) in [6.45, 7) is 4.97. The standard InChI is InChI=1S/C19H22N2O2S/c1-3-17-16-8-10-24-18(16)7-9-21(17)12-19(23)20-15-6-4-5-14(11-15)13(2)22/h4-6,8,10-11,17H,3,7,9,12H2,1-2H3,(H,20,23). The Hall–Kier alpha value is -1.98. The maximum atomic E-state index is 12.4. The molecule has 2 aromatic rings. The number of Topliss-reactive ketones (excluding diaryl/α,β-unsaturated/α-hetero) is 1. The molecule has 0 fully saturated rings. The zero-order chi connectivity index (χ0) is 17.1. The van der Waals surface area contributed by atoms with Crippen LogP contribution in [0, 0.1) is 0 Å². The Morgan fingerprint density at radius 1 is 1.33 bits per heavy atom.